The van der Waals surface area contributed by atoms with Crippen LogP contribution in [0.15, 0.2) is 146 Å². The Morgan fingerprint density at radius 3 is 1.43 bits per heavy atom. The maximum atomic E-state index is 9.86. The van der Waals surface area contributed by atoms with Gasteiger partial charge in [0.15, 0.2) is 22.6 Å². The molecule has 0 unspecified atom stereocenters. The lowest BCUT2D eigenvalue weighted by Gasteiger charge is -2.15. The minimum atomic E-state index is 0.501. The van der Waals surface area contributed by atoms with E-state index in [4.69, 9.17) is 36.5 Å². The van der Waals surface area contributed by atoms with Crippen molar-refractivity contribution < 1.29 is 0 Å². The molecule has 0 spiro atoms. The Hall–Kier alpha value is -8.28. The van der Waals surface area contributed by atoms with E-state index in [9.17, 15) is 5.26 Å². The first-order chi connectivity index (χ1) is 27.6. The minimum absolute atomic E-state index is 0.501. The molecule has 10 aromatic rings. The number of nitriles is 1. The van der Waals surface area contributed by atoms with Gasteiger partial charge in [-0.1, -0.05) is 30.3 Å². The number of benzene rings is 4. The number of imidazole rings is 3. The number of nitrogens with zero attached hydrogens (tertiary/aromatic N) is 11. The predicted molar refractivity (Wildman–Crippen MR) is 216 cm³/mol. The first-order valence-corrected chi connectivity index (χ1v) is 17.8. The van der Waals surface area contributed by atoms with E-state index < -0.39 is 0 Å². The number of pyridine rings is 3. The van der Waals surface area contributed by atoms with Crippen LogP contribution in [0.5, 0.6) is 0 Å². The normalized spacial score (nSPS) is 11.3. The monoisotopic (exact) mass is 721 g/mol. The molecule has 262 valence electrons. The van der Waals surface area contributed by atoms with E-state index >= 15 is 0 Å². The van der Waals surface area contributed by atoms with E-state index in [-0.39, 0.29) is 0 Å². The highest BCUT2D eigenvalue weighted by molar-refractivity contribution is 5.88. The SMILES string of the molecule is [C-]#[N+]c1cccc(-n2c(-c3cc(-c4nc5cccnc5n4-c4cccc(C)c4)cc(-c4nc5cccnc5n4-c4cccc(C#N)c4)c3)nc3cccnc32)c1. The van der Waals surface area contributed by atoms with Crippen molar-refractivity contribution in [3.05, 3.63) is 169 Å². The van der Waals surface area contributed by atoms with Crippen molar-refractivity contribution in [3.8, 4) is 57.3 Å². The largest absolute Gasteiger partial charge is 0.278 e. The lowest BCUT2D eigenvalue weighted by Crippen LogP contribution is -2.03. The van der Waals surface area contributed by atoms with Gasteiger partial charge in [-0.3, -0.25) is 13.7 Å². The van der Waals surface area contributed by atoms with Crippen molar-refractivity contribution in [2.75, 3.05) is 0 Å². The lowest BCUT2D eigenvalue weighted by molar-refractivity contribution is 1.06. The highest BCUT2D eigenvalue weighted by Crippen LogP contribution is 2.38. The molecular formula is C45H27N11. The Bertz CT molecular complexity index is 3110. The molecule has 4 aromatic carbocycles. The van der Waals surface area contributed by atoms with Gasteiger partial charge < -0.3 is 0 Å². The van der Waals surface area contributed by atoms with Crippen molar-refractivity contribution >= 4 is 39.2 Å². The van der Waals surface area contributed by atoms with Crippen LogP contribution in [-0.2, 0) is 0 Å². The predicted octanol–water partition coefficient (Wildman–Crippen LogP) is 9.62. The summed E-state index contributed by atoms with van der Waals surface area (Å²) in [7, 11) is 0. The molecule has 6 heterocycles. The molecule has 0 aliphatic heterocycles. The van der Waals surface area contributed by atoms with E-state index in [0.29, 0.717) is 51.1 Å². The molecule has 0 radical (unpaired) electrons. The smallest absolute Gasteiger partial charge is 0.189 e. The molecule has 10 rings (SSSR count). The fourth-order valence-corrected chi connectivity index (χ4v) is 7.25. The molecule has 0 fully saturated rings. The van der Waals surface area contributed by atoms with Gasteiger partial charge in [0.05, 0.1) is 23.9 Å². The second-order valence-electron chi connectivity index (χ2n) is 13.3. The molecule has 11 heteroatoms. The highest BCUT2D eigenvalue weighted by Gasteiger charge is 2.23. The van der Waals surface area contributed by atoms with Gasteiger partial charge in [-0.25, -0.2) is 34.7 Å². The molecule has 11 nitrogen and oxygen atoms in total. The fourth-order valence-electron chi connectivity index (χ4n) is 7.25. The van der Waals surface area contributed by atoms with Crippen LogP contribution in [0.25, 0.3) is 89.6 Å². The van der Waals surface area contributed by atoms with Gasteiger partial charge in [0.25, 0.3) is 0 Å². The average molecular weight is 722 g/mol. The van der Waals surface area contributed by atoms with Gasteiger partial charge in [0, 0.05) is 46.7 Å². The van der Waals surface area contributed by atoms with Crippen LogP contribution in [0.2, 0.25) is 0 Å². The third-order valence-electron chi connectivity index (χ3n) is 9.67. The zero-order valence-corrected chi connectivity index (χ0v) is 29.8. The van der Waals surface area contributed by atoms with Crippen molar-refractivity contribution in [2.24, 2.45) is 0 Å². The van der Waals surface area contributed by atoms with Crippen LogP contribution >= 0.6 is 0 Å². The molecule has 0 aliphatic rings. The van der Waals surface area contributed by atoms with Gasteiger partial charge in [-0.15, -0.1) is 0 Å². The van der Waals surface area contributed by atoms with Crippen LogP contribution in [0.4, 0.5) is 5.69 Å². The summed E-state index contributed by atoms with van der Waals surface area (Å²) < 4.78 is 6.04. The number of aryl methyl sites for hydroxylation is 1. The summed E-state index contributed by atoms with van der Waals surface area (Å²) in [5, 5.41) is 9.86. The zero-order chi connectivity index (χ0) is 37.8. The van der Waals surface area contributed by atoms with Gasteiger partial charge in [-0.2, -0.15) is 5.26 Å². The Kier molecular flexibility index (Phi) is 7.51. The molecule has 0 N–H and O–H groups in total. The number of rotatable bonds is 6. The topological polar surface area (TPSA) is 120 Å². The fraction of sp³-hybridized carbons (Fsp3) is 0.0222. The highest BCUT2D eigenvalue weighted by atomic mass is 15.2. The summed E-state index contributed by atoms with van der Waals surface area (Å²) in [5.41, 5.74) is 11.0. The molecular weight excluding hydrogens is 695 g/mol. The van der Waals surface area contributed by atoms with Crippen molar-refractivity contribution in [2.45, 2.75) is 6.92 Å². The second kappa shape index (κ2) is 13.0. The number of fused-ring (bicyclic) bond motifs is 3. The molecule has 0 saturated heterocycles. The molecule has 6 aromatic heterocycles. The van der Waals surface area contributed by atoms with Gasteiger partial charge in [-0.05, 0) is 110 Å². The van der Waals surface area contributed by atoms with Crippen LogP contribution in [0.3, 0.4) is 0 Å². The Labute approximate surface area is 319 Å². The average Bonchev–Trinajstić information content (AvgIpc) is 3.96. The van der Waals surface area contributed by atoms with Crippen LogP contribution in [-0.4, -0.2) is 43.6 Å². The van der Waals surface area contributed by atoms with Crippen LogP contribution in [0, 0.1) is 24.8 Å². The molecule has 0 bridgehead atoms. The van der Waals surface area contributed by atoms with E-state index in [0.717, 1.165) is 50.5 Å². The molecule has 0 atom stereocenters. The Balaban J connectivity index is 1.32. The summed E-state index contributed by atoms with van der Waals surface area (Å²) in [4.78, 5) is 33.6. The summed E-state index contributed by atoms with van der Waals surface area (Å²) in [6, 6.07) is 43.1. The van der Waals surface area contributed by atoms with Crippen molar-refractivity contribution in [1.29, 1.82) is 5.26 Å². The van der Waals surface area contributed by atoms with E-state index in [1.54, 1.807) is 30.7 Å². The Morgan fingerprint density at radius 2 is 0.964 bits per heavy atom. The minimum Gasteiger partial charge on any atom is -0.278 e. The van der Waals surface area contributed by atoms with Crippen molar-refractivity contribution in [1.82, 2.24) is 43.6 Å². The summed E-state index contributed by atoms with van der Waals surface area (Å²) in [6.07, 6.45) is 5.26. The third kappa shape index (κ3) is 5.35. The first-order valence-electron chi connectivity index (χ1n) is 17.8. The van der Waals surface area contributed by atoms with Gasteiger partial charge in [0.1, 0.15) is 34.0 Å². The van der Waals surface area contributed by atoms with Gasteiger partial charge in [0.2, 0.25) is 0 Å². The van der Waals surface area contributed by atoms with E-state index in [1.807, 2.05) is 88.0 Å². The molecule has 0 saturated carbocycles. The van der Waals surface area contributed by atoms with E-state index in [1.165, 1.54) is 0 Å². The van der Waals surface area contributed by atoms with Crippen LogP contribution < -0.4 is 0 Å². The maximum Gasteiger partial charge on any atom is 0.189 e. The molecule has 0 amide bonds. The first kappa shape index (κ1) is 32.4. The van der Waals surface area contributed by atoms with Gasteiger partial charge >= 0.3 is 0 Å². The summed E-state index contributed by atoms with van der Waals surface area (Å²) in [5.74, 6) is 1.91. The van der Waals surface area contributed by atoms with E-state index in [2.05, 4.69) is 58.8 Å². The number of hydrogen-bond donors (Lipinski definition) is 0. The third-order valence-corrected chi connectivity index (χ3v) is 9.67. The summed E-state index contributed by atoms with van der Waals surface area (Å²) in [6.45, 7) is 9.81. The van der Waals surface area contributed by atoms with Crippen LogP contribution in [0.1, 0.15) is 11.1 Å². The lowest BCUT2D eigenvalue weighted by atomic mass is 10.0. The number of aromatic nitrogens is 9. The summed E-state index contributed by atoms with van der Waals surface area (Å²) >= 11 is 0. The number of hydrogen-bond acceptors (Lipinski definition) is 7. The van der Waals surface area contributed by atoms with Crippen molar-refractivity contribution in [3.63, 3.8) is 0 Å². The zero-order valence-electron chi connectivity index (χ0n) is 29.8. The molecule has 0 aliphatic carbocycles. The second-order valence-corrected chi connectivity index (χ2v) is 13.3. The Morgan fingerprint density at radius 1 is 0.518 bits per heavy atom. The maximum absolute atomic E-state index is 9.86. The quantitative estimate of drug-likeness (QED) is 0.157. The molecule has 56 heavy (non-hydrogen) atoms. The standard InChI is InChI=1S/C45H27N11/c1-28-9-3-12-34(21-28)54-40(51-37-15-6-18-48-43(37)54)30-23-31(41-52-38-16-7-19-49-44(38)55(41)35-13-4-10-29(22-35)27-46)25-32(24-30)42-53-39-17-8-20-50-45(39)56(42)36-14-5-11-33(26-36)47-2/h3-26H,1H3.